The van der Waals surface area contributed by atoms with Gasteiger partial charge in [0.1, 0.15) is 5.60 Å². The molecule has 1 amide bonds. The number of fused-ring (bicyclic) bond motifs is 1. The number of likely N-dealkylation sites (tertiary alicyclic amines) is 1. The third-order valence-electron chi connectivity index (χ3n) is 4.55. The van der Waals surface area contributed by atoms with Gasteiger partial charge in [0.2, 0.25) is 0 Å². The minimum Gasteiger partial charge on any atom is -0.465 e. The van der Waals surface area contributed by atoms with Crippen LogP contribution in [0.5, 0.6) is 0 Å². The first kappa shape index (κ1) is 19.7. The Kier molecular flexibility index (Phi) is 5.46. The molecular weight excluding hydrogens is 414 g/mol. The van der Waals surface area contributed by atoms with Crippen molar-refractivity contribution in [3.63, 3.8) is 0 Å². The highest BCUT2D eigenvalue weighted by molar-refractivity contribution is 9.10. The van der Waals surface area contributed by atoms with Crippen molar-refractivity contribution in [2.24, 2.45) is 0 Å². The number of carbonyl (C=O) groups excluding carboxylic acids is 2. The van der Waals surface area contributed by atoms with Crippen molar-refractivity contribution in [3.8, 4) is 0 Å². The van der Waals surface area contributed by atoms with Gasteiger partial charge in [0, 0.05) is 22.9 Å². The van der Waals surface area contributed by atoms with E-state index >= 15 is 0 Å². The molecule has 0 spiro atoms. The number of methoxy groups -OCH3 is 1. The fourth-order valence-electron chi connectivity index (χ4n) is 3.30. The zero-order chi connectivity index (χ0) is 19.8. The van der Waals surface area contributed by atoms with Gasteiger partial charge < -0.3 is 14.4 Å². The molecule has 1 aromatic carbocycles. The van der Waals surface area contributed by atoms with Crippen LogP contribution >= 0.6 is 15.9 Å². The van der Waals surface area contributed by atoms with Gasteiger partial charge in [0.05, 0.1) is 30.4 Å². The van der Waals surface area contributed by atoms with Crippen LogP contribution in [-0.4, -0.2) is 52.5 Å². The molecule has 1 aliphatic rings. The van der Waals surface area contributed by atoms with E-state index < -0.39 is 5.60 Å². The molecule has 0 unspecified atom stereocenters. The average molecular weight is 438 g/mol. The molecule has 0 radical (unpaired) electrons. The van der Waals surface area contributed by atoms with Crippen LogP contribution < -0.4 is 0 Å². The molecule has 1 saturated heterocycles. The third-order valence-corrected chi connectivity index (χ3v) is 5.01. The molecule has 3 rings (SSSR count). The Hall–Kier alpha value is -2.09. The summed E-state index contributed by atoms with van der Waals surface area (Å²) >= 11 is 3.46. The molecule has 8 heteroatoms. The van der Waals surface area contributed by atoms with Gasteiger partial charge in [0.15, 0.2) is 0 Å². The van der Waals surface area contributed by atoms with E-state index in [9.17, 15) is 9.59 Å². The minimum atomic E-state index is -0.497. The fraction of sp³-hybridized carbons (Fsp3) is 0.526. The number of hydrogen-bond donors (Lipinski definition) is 0. The second-order valence-electron chi connectivity index (χ2n) is 7.67. The highest BCUT2D eigenvalue weighted by Crippen LogP contribution is 2.31. The fourth-order valence-corrected chi connectivity index (χ4v) is 3.75. The van der Waals surface area contributed by atoms with E-state index in [1.54, 1.807) is 17.2 Å². The average Bonchev–Trinajstić information content (AvgIpc) is 3.02. The third kappa shape index (κ3) is 4.26. The Morgan fingerprint density at radius 2 is 1.89 bits per heavy atom. The van der Waals surface area contributed by atoms with Gasteiger partial charge in [-0.05, 0) is 45.7 Å². The standard InChI is InChI=1S/C19H24BrN3O4/c1-19(2,3)27-18(25)22-7-5-13(6-8-22)23-16-10-12(20)9-14(17(24)26-4)15(16)11-21-23/h9-11,13H,5-8H2,1-4H3. The monoisotopic (exact) mass is 437 g/mol. The summed E-state index contributed by atoms with van der Waals surface area (Å²) in [5.74, 6) is -0.388. The summed E-state index contributed by atoms with van der Waals surface area (Å²) in [6, 6.07) is 3.85. The number of esters is 1. The van der Waals surface area contributed by atoms with Gasteiger partial charge in [0.25, 0.3) is 0 Å². The smallest absolute Gasteiger partial charge is 0.410 e. The summed E-state index contributed by atoms with van der Waals surface area (Å²) < 4.78 is 13.1. The van der Waals surface area contributed by atoms with Crippen molar-refractivity contribution in [2.75, 3.05) is 20.2 Å². The van der Waals surface area contributed by atoms with E-state index in [0.717, 1.165) is 28.2 Å². The number of amides is 1. The largest absolute Gasteiger partial charge is 0.465 e. The number of carbonyl (C=O) groups is 2. The number of piperidine rings is 1. The molecule has 146 valence electrons. The van der Waals surface area contributed by atoms with Crippen LogP contribution in [0.3, 0.4) is 0 Å². The maximum Gasteiger partial charge on any atom is 0.410 e. The van der Waals surface area contributed by atoms with E-state index in [-0.39, 0.29) is 18.1 Å². The number of benzene rings is 1. The Labute approximate surface area is 166 Å². The first-order valence-electron chi connectivity index (χ1n) is 8.92. The maximum atomic E-state index is 12.2. The molecule has 0 aliphatic carbocycles. The van der Waals surface area contributed by atoms with Crippen LogP contribution in [0.2, 0.25) is 0 Å². The summed E-state index contributed by atoms with van der Waals surface area (Å²) in [4.78, 5) is 26.0. The van der Waals surface area contributed by atoms with Crippen LogP contribution in [0, 0.1) is 0 Å². The van der Waals surface area contributed by atoms with Crippen LogP contribution in [0.4, 0.5) is 4.79 Å². The normalized spacial score (nSPS) is 15.8. The lowest BCUT2D eigenvalue weighted by Crippen LogP contribution is -2.42. The Bertz CT molecular complexity index is 864. The topological polar surface area (TPSA) is 73.7 Å². The van der Waals surface area contributed by atoms with Crippen LogP contribution in [0.25, 0.3) is 10.9 Å². The number of rotatable bonds is 2. The second-order valence-corrected chi connectivity index (χ2v) is 8.58. The molecular formula is C19H24BrN3O4. The van der Waals surface area contributed by atoms with Crippen molar-refractivity contribution in [2.45, 2.75) is 45.3 Å². The number of nitrogens with zero attached hydrogens (tertiary/aromatic N) is 3. The molecule has 2 heterocycles. The molecule has 0 atom stereocenters. The SMILES string of the molecule is COC(=O)c1cc(Br)cc2c1cnn2C1CCN(C(=O)OC(C)(C)C)CC1. The Morgan fingerprint density at radius 3 is 2.48 bits per heavy atom. The molecule has 7 nitrogen and oxygen atoms in total. The van der Waals surface area contributed by atoms with Crippen molar-refractivity contribution in [1.82, 2.24) is 14.7 Å². The zero-order valence-corrected chi connectivity index (χ0v) is 17.6. The molecule has 1 fully saturated rings. The van der Waals surface area contributed by atoms with E-state index in [1.165, 1.54) is 7.11 Å². The number of ether oxygens (including phenoxy) is 2. The molecule has 2 aromatic rings. The van der Waals surface area contributed by atoms with Gasteiger partial charge in [-0.25, -0.2) is 9.59 Å². The maximum absolute atomic E-state index is 12.2. The van der Waals surface area contributed by atoms with Crippen molar-refractivity contribution >= 4 is 38.9 Å². The van der Waals surface area contributed by atoms with Gasteiger partial charge in [-0.15, -0.1) is 0 Å². The molecule has 27 heavy (non-hydrogen) atoms. The van der Waals surface area contributed by atoms with E-state index in [2.05, 4.69) is 21.0 Å². The number of aromatic nitrogens is 2. The van der Waals surface area contributed by atoms with Gasteiger partial charge in [-0.2, -0.15) is 5.10 Å². The lowest BCUT2D eigenvalue weighted by molar-refractivity contribution is 0.0186. The first-order chi connectivity index (χ1) is 12.7. The second kappa shape index (κ2) is 7.50. The molecule has 1 aliphatic heterocycles. The lowest BCUT2D eigenvalue weighted by atomic mass is 10.0. The molecule has 0 saturated carbocycles. The summed E-state index contributed by atoms with van der Waals surface area (Å²) in [5, 5.41) is 5.28. The van der Waals surface area contributed by atoms with Crippen LogP contribution in [0.1, 0.15) is 50.0 Å². The minimum absolute atomic E-state index is 0.154. The van der Waals surface area contributed by atoms with Gasteiger partial charge in [-0.3, -0.25) is 4.68 Å². The van der Waals surface area contributed by atoms with Crippen molar-refractivity contribution in [3.05, 3.63) is 28.4 Å². The van der Waals surface area contributed by atoms with Gasteiger partial charge in [-0.1, -0.05) is 15.9 Å². The predicted molar refractivity (Wildman–Crippen MR) is 105 cm³/mol. The highest BCUT2D eigenvalue weighted by Gasteiger charge is 2.29. The van der Waals surface area contributed by atoms with E-state index in [4.69, 9.17) is 9.47 Å². The summed E-state index contributed by atoms with van der Waals surface area (Å²) in [6.07, 6.45) is 2.97. The number of halogens is 1. The lowest BCUT2D eigenvalue weighted by Gasteiger charge is -2.33. The van der Waals surface area contributed by atoms with Gasteiger partial charge >= 0.3 is 12.1 Å². The van der Waals surface area contributed by atoms with Crippen LogP contribution in [0.15, 0.2) is 22.8 Å². The van der Waals surface area contributed by atoms with Crippen molar-refractivity contribution < 1.29 is 19.1 Å². The molecule has 1 aromatic heterocycles. The molecule has 0 bridgehead atoms. The summed E-state index contributed by atoms with van der Waals surface area (Å²) in [6.45, 7) is 6.82. The molecule has 0 N–H and O–H groups in total. The Morgan fingerprint density at radius 1 is 1.22 bits per heavy atom. The van der Waals surface area contributed by atoms with Crippen LogP contribution in [-0.2, 0) is 9.47 Å². The Balaban J connectivity index is 1.79. The first-order valence-corrected chi connectivity index (χ1v) is 9.72. The summed E-state index contributed by atoms with van der Waals surface area (Å²) in [5.41, 5.74) is 0.864. The number of hydrogen-bond acceptors (Lipinski definition) is 5. The quantitative estimate of drug-likeness (QED) is 0.659. The van der Waals surface area contributed by atoms with E-state index in [1.807, 2.05) is 31.5 Å². The highest BCUT2D eigenvalue weighted by atomic mass is 79.9. The summed E-state index contributed by atoms with van der Waals surface area (Å²) in [7, 11) is 1.37. The zero-order valence-electron chi connectivity index (χ0n) is 16.0. The van der Waals surface area contributed by atoms with Crippen molar-refractivity contribution in [1.29, 1.82) is 0 Å². The van der Waals surface area contributed by atoms with E-state index in [0.29, 0.717) is 18.7 Å². The predicted octanol–water partition coefficient (Wildman–Crippen LogP) is 4.16.